The Kier molecular flexibility index (Phi) is 6.10. The molecular formula is C25H29N4OP. The lowest BCUT2D eigenvalue weighted by Crippen LogP contribution is -2.58. The van der Waals surface area contributed by atoms with E-state index in [1.165, 1.54) is 0 Å². The summed E-state index contributed by atoms with van der Waals surface area (Å²) < 4.78 is 9.74. The molecule has 4 rings (SSSR count). The molecule has 1 aliphatic rings. The van der Waals surface area contributed by atoms with E-state index in [1.54, 1.807) is 0 Å². The lowest BCUT2D eigenvalue weighted by Gasteiger charge is -2.48. The van der Waals surface area contributed by atoms with Crippen LogP contribution < -0.4 is 10.2 Å². The number of carbonyl (C=O) groups excluding carboxylic acids is 1. The van der Waals surface area contributed by atoms with Crippen molar-refractivity contribution in [1.29, 1.82) is 0 Å². The summed E-state index contributed by atoms with van der Waals surface area (Å²) >= 11 is 0. The van der Waals surface area contributed by atoms with E-state index in [-0.39, 0.29) is 11.9 Å². The van der Waals surface area contributed by atoms with Crippen LogP contribution in [0.5, 0.6) is 0 Å². The molecule has 0 aliphatic carbocycles. The molecule has 0 aromatic heterocycles. The molecule has 2 atom stereocenters. The molecule has 1 fully saturated rings. The first-order valence-corrected chi connectivity index (χ1v) is 12.1. The van der Waals surface area contributed by atoms with Crippen molar-refractivity contribution in [3.05, 3.63) is 96.6 Å². The molecule has 1 aliphatic heterocycles. The lowest BCUT2D eigenvalue weighted by atomic mass is 9.88. The molecular weight excluding hydrogens is 403 g/mol. The van der Waals surface area contributed by atoms with Gasteiger partial charge in [0.05, 0.1) is 6.04 Å². The maximum Gasteiger partial charge on any atom is 0.254 e. The number of β-lactam (4-membered cyclic amide) rings is 1. The average Bonchev–Trinajstić information content (AvgIpc) is 2.79. The van der Waals surface area contributed by atoms with E-state index in [2.05, 4.69) is 61.8 Å². The van der Waals surface area contributed by atoms with Gasteiger partial charge in [0, 0.05) is 11.0 Å². The molecule has 0 saturated carbocycles. The Hall–Kier alpha value is -2.72. The van der Waals surface area contributed by atoms with Crippen molar-refractivity contribution < 1.29 is 4.79 Å². The van der Waals surface area contributed by atoms with E-state index in [4.69, 9.17) is 4.74 Å². The Morgan fingerprint density at radius 2 is 1.23 bits per heavy atom. The van der Waals surface area contributed by atoms with E-state index in [1.807, 2.05) is 71.6 Å². The Bertz CT molecular complexity index is 1070. The third-order valence-electron chi connectivity index (χ3n) is 5.75. The molecule has 3 aromatic carbocycles. The number of anilines is 1. The van der Waals surface area contributed by atoms with Gasteiger partial charge in [-0.05, 0) is 45.9 Å². The summed E-state index contributed by atoms with van der Waals surface area (Å²) in [5.74, 6) is 0.0454. The standard InChI is InChI=1S/C25H29N4OP/c1-27(2)31(28(3)4,22-18-12-7-13-19-22)26-23-24(20-14-8-5-9-15-20)29(25(23)30)21-16-10-6-11-17-21/h5-19,23-24H,1-4H3. The first-order valence-electron chi connectivity index (χ1n) is 10.4. The molecule has 0 radical (unpaired) electrons. The monoisotopic (exact) mass is 432 g/mol. The van der Waals surface area contributed by atoms with E-state index in [0.29, 0.717) is 0 Å². The summed E-state index contributed by atoms with van der Waals surface area (Å²) in [6, 6.07) is 29.9. The van der Waals surface area contributed by atoms with Gasteiger partial charge >= 0.3 is 0 Å². The zero-order chi connectivity index (χ0) is 22.0. The topological polar surface area (TPSA) is 39.2 Å². The third kappa shape index (κ3) is 3.74. The number of carbonyl (C=O) groups is 1. The van der Waals surface area contributed by atoms with Crippen molar-refractivity contribution in [1.82, 2.24) is 9.34 Å². The Morgan fingerprint density at radius 3 is 1.74 bits per heavy atom. The second-order valence-corrected chi connectivity index (χ2v) is 11.5. The van der Waals surface area contributed by atoms with Crippen LogP contribution in [-0.4, -0.2) is 49.5 Å². The second-order valence-electron chi connectivity index (χ2n) is 8.06. The summed E-state index contributed by atoms with van der Waals surface area (Å²) in [7, 11) is 5.94. The molecule has 5 nitrogen and oxygen atoms in total. The number of para-hydroxylation sites is 1. The molecule has 1 amide bonds. The smallest absolute Gasteiger partial charge is 0.254 e. The number of benzene rings is 3. The highest BCUT2D eigenvalue weighted by atomic mass is 31.2. The molecule has 1 saturated heterocycles. The third-order valence-corrected chi connectivity index (χ3v) is 9.54. The van der Waals surface area contributed by atoms with Crippen LogP contribution in [0.2, 0.25) is 0 Å². The highest BCUT2D eigenvalue weighted by molar-refractivity contribution is 7.69. The number of hydrogen-bond acceptors (Lipinski definition) is 2. The second kappa shape index (κ2) is 8.80. The van der Waals surface area contributed by atoms with Gasteiger partial charge in [-0.3, -0.25) is 18.9 Å². The fourth-order valence-electron chi connectivity index (χ4n) is 4.34. The van der Waals surface area contributed by atoms with Crippen LogP contribution in [0, 0.1) is 0 Å². The lowest BCUT2D eigenvalue weighted by molar-refractivity contribution is -0.126. The minimum absolute atomic E-state index is 0.0454. The maximum absolute atomic E-state index is 13.5. The number of rotatable bonds is 6. The summed E-state index contributed by atoms with van der Waals surface area (Å²) in [6.07, 6.45) is 0. The van der Waals surface area contributed by atoms with Crippen LogP contribution >= 0.6 is 7.36 Å². The van der Waals surface area contributed by atoms with Crippen LogP contribution in [0.3, 0.4) is 0 Å². The summed E-state index contributed by atoms with van der Waals surface area (Å²) in [4.78, 5) is 15.4. The van der Waals surface area contributed by atoms with Crippen molar-refractivity contribution in [2.75, 3.05) is 33.1 Å². The summed E-state index contributed by atoms with van der Waals surface area (Å²) in [6.45, 7) is 0. The fraction of sp³-hybridized carbons (Fsp3) is 0.240. The first-order chi connectivity index (χ1) is 15.0. The van der Waals surface area contributed by atoms with Gasteiger partial charge in [-0.25, -0.2) is 0 Å². The van der Waals surface area contributed by atoms with Gasteiger partial charge < -0.3 is 4.90 Å². The summed E-state index contributed by atoms with van der Waals surface area (Å²) in [5, 5.41) is 1.14. The first kappa shape index (κ1) is 21.5. The highest BCUT2D eigenvalue weighted by Crippen LogP contribution is 2.55. The molecule has 1 heterocycles. The average molecular weight is 433 g/mol. The summed E-state index contributed by atoms with van der Waals surface area (Å²) in [5.41, 5.74) is 2.01. The van der Waals surface area contributed by atoms with Gasteiger partial charge in [0.2, 0.25) is 0 Å². The zero-order valence-corrected chi connectivity index (χ0v) is 19.4. The maximum atomic E-state index is 13.5. The van der Waals surface area contributed by atoms with Crippen LogP contribution in [0.4, 0.5) is 5.69 Å². The molecule has 0 bridgehead atoms. The van der Waals surface area contributed by atoms with E-state index in [9.17, 15) is 4.79 Å². The van der Waals surface area contributed by atoms with Crippen molar-refractivity contribution in [3.8, 4) is 0 Å². The van der Waals surface area contributed by atoms with E-state index in [0.717, 1.165) is 16.6 Å². The van der Waals surface area contributed by atoms with Gasteiger partial charge in [0.1, 0.15) is 7.36 Å². The molecule has 160 valence electrons. The Morgan fingerprint density at radius 1 is 0.742 bits per heavy atom. The molecule has 3 aromatic rings. The molecule has 31 heavy (non-hydrogen) atoms. The van der Waals surface area contributed by atoms with Gasteiger partial charge in [0.25, 0.3) is 5.91 Å². The predicted octanol–water partition coefficient (Wildman–Crippen LogP) is 4.62. The van der Waals surface area contributed by atoms with Crippen LogP contribution in [0.15, 0.2) is 95.7 Å². The minimum Gasteiger partial charge on any atom is -0.300 e. The Balaban J connectivity index is 1.88. The Labute approximate surface area is 185 Å². The quantitative estimate of drug-likeness (QED) is 0.421. The van der Waals surface area contributed by atoms with Crippen molar-refractivity contribution in [2.24, 2.45) is 4.74 Å². The van der Waals surface area contributed by atoms with Gasteiger partial charge in [-0.1, -0.05) is 78.9 Å². The highest BCUT2D eigenvalue weighted by Gasteiger charge is 2.50. The van der Waals surface area contributed by atoms with Crippen molar-refractivity contribution >= 4 is 24.3 Å². The zero-order valence-electron chi connectivity index (χ0n) is 18.5. The van der Waals surface area contributed by atoms with Crippen LogP contribution in [0.1, 0.15) is 11.6 Å². The van der Waals surface area contributed by atoms with Gasteiger partial charge in [-0.2, -0.15) is 0 Å². The van der Waals surface area contributed by atoms with E-state index >= 15 is 0 Å². The normalized spacial score (nSPS) is 18.9. The molecule has 6 heteroatoms. The fourth-order valence-corrected chi connectivity index (χ4v) is 7.67. The predicted molar refractivity (Wildman–Crippen MR) is 130 cm³/mol. The largest absolute Gasteiger partial charge is 0.300 e. The number of amides is 1. The van der Waals surface area contributed by atoms with Crippen molar-refractivity contribution in [2.45, 2.75) is 12.1 Å². The molecule has 2 unspecified atom stereocenters. The van der Waals surface area contributed by atoms with Gasteiger partial charge in [0.15, 0.2) is 6.04 Å². The minimum atomic E-state index is -2.28. The molecule has 0 N–H and O–H groups in total. The number of hydrogen-bond donors (Lipinski definition) is 0. The van der Waals surface area contributed by atoms with Crippen LogP contribution in [0.25, 0.3) is 0 Å². The SMILES string of the molecule is CN(C)P(=NC1C(=O)N(c2ccccc2)C1c1ccccc1)(c1ccccc1)N(C)C. The molecule has 0 spiro atoms. The van der Waals surface area contributed by atoms with Crippen molar-refractivity contribution in [3.63, 3.8) is 0 Å². The van der Waals surface area contributed by atoms with Gasteiger partial charge in [-0.15, -0.1) is 0 Å². The number of nitrogens with zero attached hydrogens (tertiary/aromatic N) is 4. The van der Waals surface area contributed by atoms with Crippen LogP contribution in [-0.2, 0) is 4.79 Å². The van der Waals surface area contributed by atoms with E-state index < -0.39 is 13.4 Å².